The normalized spacial score (nSPS) is 12.1. The van der Waals surface area contributed by atoms with Crippen LogP contribution in [0.2, 0.25) is 0 Å². The van der Waals surface area contributed by atoms with Gasteiger partial charge < -0.3 is 20.9 Å². The van der Waals surface area contributed by atoms with Gasteiger partial charge in [0, 0.05) is 17.3 Å². The maximum absolute atomic E-state index is 12.3. The second-order valence-corrected chi connectivity index (χ2v) is 5.86. The number of rotatable bonds is 5. The van der Waals surface area contributed by atoms with Gasteiger partial charge in [-0.25, -0.2) is 0 Å². The van der Waals surface area contributed by atoms with E-state index in [0.29, 0.717) is 23.6 Å². The number of ether oxygens (including phenoxy) is 1. The zero-order valence-electron chi connectivity index (χ0n) is 12.8. The topological polar surface area (TPSA) is 84.6 Å². The van der Waals surface area contributed by atoms with E-state index in [4.69, 9.17) is 10.5 Å². The first-order valence-corrected chi connectivity index (χ1v) is 6.65. The van der Waals surface area contributed by atoms with E-state index in [1.54, 1.807) is 45.9 Å². The molecular weight excluding hydrogens is 256 g/mol. The number of nitrogen functional groups attached to an aromatic ring is 1. The number of anilines is 1. The molecule has 1 aromatic rings. The van der Waals surface area contributed by atoms with Crippen LogP contribution in [0.1, 0.15) is 45.0 Å². The number of benzene rings is 1. The number of hydrogen-bond acceptors (Lipinski definition) is 4. The van der Waals surface area contributed by atoms with E-state index in [-0.39, 0.29) is 5.91 Å². The first kappa shape index (κ1) is 16.3. The minimum absolute atomic E-state index is 0.301. The summed E-state index contributed by atoms with van der Waals surface area (Å²) in [6.45, 7) is 9.19. The Morgan fingerprint density at radius 2 is 1.90 bits per heavy atom. The summed E-state index contributed by atoms with van der Waals surface area (Å²) < 4.78 is 5.37. The lowest BCUT2D eigenvalue weighted by atomic mass is 9.85. The van der Waals surface area contributed by atoms with E-state index < -0.39 is 11.1 Å². The Kier molecular flexibility index (Phi) is 4.65. The van der Waals surface area contributed by atoms with Crippen molar-refractivity contribution in [2.24, 2.45) is 0 Å². The number of carbonyl (C=O) groups excluding carboxylic acids is 1. The molecule has 0 atom stereocenters. The van der Waals surface area contributed by atoms with E-state index in [9.17, 15) is 9.90 Å². The largest absolute Gasteiger partial charge is 0.494 e. The van der Waals surface area contributed by atoms with Crippen molar-refractivity contribution in [3.05, 3.63) is 23.8 Å². The molecule has 0 heterocycles. The number of hydrogen-bond donors (Lipinski definition) is 3. The summed E-state index contributed by atoms with van der Waals surface area (Å²) >= 11 is 0. The van der Waals surface area contributed by atoms with E-state index in [1.807, 2.05) is 6.92 Å². The van der Waals surface area contributed by atoms with Crippen LogP contribution in [-0.2, 0) is 0 Å². The molecule has 4 N–H and O–H groups in total. The van der Waals surface area contributed by atoms with Gasteiger partial charge in [-0.05, 0) is 46.8 Å². The number of nitrogens with one attached hydrogen (secondary N) is 1. The van der Waals surface area contributed by atoms with Gasteiger partial charge in [0.1, 0.15) is 5.75 Å². The highest BCUT2D eigenvalue weighted by Crippen LogP contribution is 2.23. The number of nitrogens with two attached hydrogens (primary N) is 1. The van der Waals surface area contributed by atoms with Gasteiger partial charge in [-0.1, -0.05) is 0 Å². The highest BCUT2D eigenvalue weighted by atomic mass is 16.5. The van der Waals surface area contributed by atoms with Gasteiger partial charge in [0.25, 0.3) is 5.91 Å². The second kappa shape index (κ2) is 5.71. The second-order valence-electron chi connectivity index (χ2n) is 5.86. The lowest BCUT2D eigenvalue weighted by molar-refractivity contribution is -0.00293. The molecule has 0 saturated carbocycles. The summed E-state index contributed by atoms with van der Waals surface area (Å²) in [4.78, 5) is 12.3. The van der Waals surface area contributed by atoms with Crippen LogP contribution in [0.25, 0.3) is 0 Å². The van der Waals surface area contributed by atoms with Crippen LogP contribution in [0.4, 0.5) is 5.69 Å². The van der Waals surface area contributed by atoms with E-state index in [2.05, 4.69) is 5.32 Å². The van der Waals surface area contributed by atoms with Crippen molar-refractivity contribution < 1.29 is 14.6 Å². The summed E-state index contributed by atoms with van der Waals surface area (Å²) in [6, 6.07) is 4.88. The summed E-state index contributed by atoms with van der Waals surface area (Å²) in [7, 11) is 0. The molecule has 5 nitrogen and oxygen atoms in total. The Morgan fingerprint density at radius 3 is 2.40 bits per heavy atom. The molecule has 1 rings (SSSR count). The predicted molar refractivity (Wildman–Crippen MR) is 79.9 cm³/mol. The van der Waals surface area contributed by atoms with Gasteiger partial charge in [0.15, 0.2) is 0 Å². The third-order valence-corrected chi connectivity index (χ3v) is 3.46. The smallest absolute Gasteiger partial charge is 0.252 e. The molecule has 5 heteroatoms. The molecule has 0 radical (unpaired) electrons. The summed E-state index contributed by atoms with van der Waals surface area (Å²) in [5.74, 6) is 0.254. The predicted octanol–water partition coefficient (Wildman–Crippen LogP) is 1.95. The molecule has 0 aliphatic heterocycles. The zero-order valence-corrected chi connectivity index (χ0v) is 12.8. The molecule has 0 bridgehead atoms. The van der Waals surface area contributed by atoms with Crippen LogP contribution in [0.5, 0.6) is 5.75 Å². The summed E-state index contributed by atoms with van der Waals surface area (Å²) in [5.41, 5.74) is 4.81. The van der Waals surface area contributed by atoms with Crippen LogP contribution in [0.15, 0.2) is 18.2 Å². The van der Waals surface area contributed by atoms with Crippen molar-refractivity contribution in [3.8, 4) is 5.75 Å². The van der Waals surface area contributed by atoms with Crippen LogP contribution < -0.4 is 15.8 Å². The molecule has 0 aliphatic carbocycles. The molecule has 1 amide bonds. The molecule has 1 aromatic carbocycles. The van der Waals surface area contributed by atoms with Gasteiger partial charge >= 0.3 is 0 Å². The van der Waals surface area contributed by atoms with Crippen LogP contribution >= 0.6 is 0 Å². The minimum Gasteiger partial charge on any atom is -0.494 e. The van der Waals surface area contributed by atoms with Crippen molar-refractivity contribution in [2.45, 2.75) is 45.8 Å². The molecular formula is C15H24N2O3. The fourth-order valence-electron chi connectivity index (χ4n) is 1.51. The monoisotopic (exact) mass is 280 g/mol. The lowest BCUT2D eigenvalue weighted by Gasteiger charge is -2.38. The highest BCUT2D eigenvalue weighted by molar-refractivity contribution is 5.96. The third-order valence-electron chi connectivity index (χ3n) is 3.46. The number of carbonyl (C=O) groups is 1. The Morgan fingerprint density at radius 1 is 1.30 bits per heavy atom. The molecule has 112 valence electrons. The Hall–Kier alpha value is -1.75. The minimum atomic E-state index is -1.05. The van der Waals surface area contributed by atoms with Crippen molar-refractivity contribution in [2.75, 3.05) is 12.3 Å². The fourth-order valence-corrected chi connectivity index (χ4v) is 1.51. The van der Waals surface area contributed by atoms with Gasteiger partial charge in [0.05, 0.1) is 17.7 Å². The zero-order chi connectivity index (χ0) is 15.6. The molecule has 0 unspecified atom stereocenters. The molecule has 0 aromatic heterocycles. The maximum atomic E-state index is 12.3. The first-order chi connectivity index (χ1) is 9.06. The van der Waals surface area contributed by atoms with E-state index in [0.717, 1.165) is 0 Å². The van der Waals surface area contributed by atoms with Crippen molar-refractivity contribution >= 4 is 11.6 Å². The van der Waals surface area contributed by atoms with Gasteiger partial charge in [-0.3, -0.25) is 4.79 Å². The fraction of sp³-hybridized carbons (Fsp3) is 0.533. The van der Waals surface area contributed by atoms with Crippen LogP contribution in [0, 0.1) is 0 Å². The molecule has 0 saturated heterocycles. The van der Waals surface area contributed by atoms with Crippen LogP contribution in [-0.4, -0.2) is 28.8 Å². The van der Waals surface area contributed by atoms with Gasteiger partial charge in [-0.2, -0.15) is 0 Å². The summed E-state index contributed by atoms with van der Waals surface area (Å²) in [6.07, 6.45) is 0. The average Bonchev–Trinajstić information content (AvgIpc) is 2.26. The van der Waals surface area contributed by atoms with Crippen LogP contribution in [0.3, 0.4) is 0 Å². The molecule has 0 spiro atoms. The Labute approximate surface area is 120 Å². The lowest BCUT2D eigenvalue weighted by Crippen LogP contribution is -2.57. The quantitative estimate of drug-likeness (QED) is 0.720. The number of aliphatic hydroxyl groups is 1. The Balaban J connectivity index is 2.98. The Bertz CT molecular complexity index is 490. The highest BCUT2D eigenvalue weighted by Gasteiger charge is 2.36. The molecule has 0 fully saturated rings. The van der Waals surface area contributed by atoms with Crippen molar-refractivity contribution in [3.63, 3.8) is 0 Å². The van der Waals surface area contributed by atoms with E-state index in [1.165, 1.54) is 0 Å². The third kappa shape index (κ3) is 3.87. The first-order valence-electron chi connectivity index (χ1n) is 6.65. The van der Waals surface area contributed by atoms with Gasteiger partial charge in [0.2, 0.25) is 0 Å². The average molecular weight is 280 g/mol. The maximum Gasteiger partial charge on any atom is 0.252 e. The summed E-state index contributed by atoms with van der Waals surface area (Å²) in [5, 5.41) is 12.9. The van der Waals surface area contributed by atoms with Crippen molar-refractivity contribution in [1.82, 2.24) is 5.32 Å². The SMILES string of the molecule is CCOc1cc(N)cc(C(=O)NC(C)(C)C(C)(C)O)c1. The van der Waals surface area contributed by atoms with E-state index >= 15 is 0 Å². The standard InChI is InChI=1S/C15H24N2O3/c1-6-20-12-8-10(7-11(16)9-12)13(18)17-14(2,3)15(4,5)19/h7-9,19H,6,16H2,1-5H3,(H,17,18). The van der Waals surface area contributed by atoms with Crippen molar-refractivity contribution in [1.29, 1.82) is 0 Å². The van der Waals surface area contributed by atoms with Gasteiger partial charge in [-0.15, -0.1) is 0 Å². The number of amides is 1. The molecule has 0 aliphatic rings. The molecule has 20 heavy (non-hydrogen) atoms.